The average Bonchev–Trinajstić information content (AvgIpc) is 3.05. The van der Waals surface area contributed by atoms with Crippen LogP contribution in [0.3, 0.4) is 0 Å². The predicted molar refractivity (Wildman–Crippen MR) is 89.5 cm³/mol. The molecule has 1 amide bonds. The highest BCUT2D eigenvalue weighted by Gasteiger charge is 2.32. The van der Waals surface area contributed by atoms with Gasteiger partial charge in [0.05, 0.1) is 19.4 Å². The fourth-order valence-electron chi connectivity index (χ4n) is 3.22. The van der Waals surface area contributed by atoms with Crippen LogP contribution < -0.4 is 10.1 Å². The molecule has 2 atom stereocenters. The van der Waals surface area contributed by atoms with Gasteiger partial charge in [-0.2, -0.15) is 0 Å². The van der Waals surface area contributed by atoms with Gasteiger partial charge in [-0.1, -0.05) is 0 Å². The number of ether oxygens (including phenoxy) is 2. The molecule has 2 aliphatic heterocycles. The van der Waals surface area contributed by atoms with Crippen LogP contribution in [-0.2, 0) is 9.53 Å². The molecule has 5 heteroatoms. The number of amides is 1. The van der Waals surface area contributed by atoms with E-state index in [-0.39, 0.29) is 18.1 Å². The molecule has 3 rings (SSSR count). The summed E-state index contributed by atoms with van der Waals surface area (Å²) < 4.78 is 10.8. The van der Waals surface area contributed by atoms with E-state index in [0.29, 0.717) is 0 Å². The van der Waals surface area contributed by atoms with Gasteiger partial charge < -0.3 is 14.8 Å². The highest BCUT2D eigenvalue weighted by molar-refractivity contribution is 5.95. The zero-order valence-corrected chi connectivity index (χ0v) is 13.5. The molecule has 2 heterocycles. The number of likely N-dealkylation sites (tertiary alicyclic amines) is 1. The Hall–Kier alpha value is -2.01. The molecule has 23 heavy (non-hydrogen) atoms. The maximum Gasteiger partial charge on any atom is 0.241 e. The van der Waals surface area contributed by atoms with E-state index < -0.39 is 0 Å². The Morgan fingerprint density at radius 2 is 2.17 bits per heavy atom. The summed E-state index contributed by atoms with van der Waals surface area (Å²) in [6.45, 7) is 1.79. The lowest BCUT2D eigenvalue weighted by molar-refractivity contribution is -0.120. The summed E-state index contributed by atoms with van der Waals surface area (Å²) in [5.41, 5.74) is 0.805. The summed E-state index contributed by atoms with van der Waals surface area (Å²) in [6, 6.07) is 7.37. The number of methoxy groups -OCH3 is 1. The second kappa shape index (κ2) is 7.51. The van der Waals surface area contributed by atoms with E-state index in [4.69, 9.17) is 9.47 Å². The number of nitrogens with zero attached hydrogens (tertiary/aromatic N) is 1. The van der Waals surface area contributed by atoms with Crippen LogP contribution in [-0.4, -0.2) is 43.2 Å². The van der Waals surface area contributed by atoms with Gasteiger partial charge in [0.1, 0.15) is 11.9 Å². The molecule has 0 radical (unpaired) electrons. The molecule has 0 bridgehead atoms. The van der Waals surface area contributed by atoms with Gasteiger partial charge >= 0.3 is 0 Å². The van der Waals surface area contributed by atoms with Gasteiger partial charge in [0.15, 0.2) is 0 Å². The van der Waals surface area contributed by atoms with Crippen LogP contribution in [0.15, 0.2) is 36.6 Å². The maximum absolute atomic E-state index is 12.6. The van der Waals surface area contributed by atoms with Crippen molar-refractivity contribution in [3.63, 3.8) is 0 Å². The molecule has 1 fully saturated rings. The summed E-state index contributed by atoms with van der Waals surface area (Å²) in [5, 5.41) is 3.01. The third-order valence-corrected chi connectivity index (χ3v) is 4.48. The van der Waals surface area contributed by atoms with Crippen molar-refractivity contribution in [2.45, 2.75) is 37.8 Å². The van der Waals surface area contributed by atoms with Crippen molar-refractivity contribution in [2.24, 2.45) is 0 Å². The topological polar surface area (TPSA) is 50.8 Å². The van der Waals surface area contributed by atoms with Gasteiger partial charge in [0.25, 0.3) is 0 Å². The van der Waals surface area contributed by atoms with Crippen LogP contribution in [0.4, 0.5) is 5.69 Å². The van der Waals surface area contributed by atoms with E-state index in [1.807, 2.05) is 30.3 Å². The van der Waals surface area contributed by atoms with E-state index >= 15 is 0 Å². The third kappa shape index (κ3) is 4.05. The maximum atomic E-state index is 12.6. The van der Waals surface area contributed by atoms with Gasteiger partial charge in [-0.15, -0.1) is 0 Å². The van der Waals surface area contributed by atoms with Gasteiger partial charge in [-0.05, 0) is 62.6 Å². The van der Waals surface area contributed by atoms with Crippen molar-refractivity contribution in [1.82, 2.24) is 4.90 Å². The molecule has 1 aromatic carbocycles. The van der Waals surface area contributed by atoms with E-state index in [1.54, 1.807) is 13.4 Å². The van der Waals surface area contributed by atoms with Gasteiger partial charge in [-0.3, -0.25) is 9.69 Å². The molecule has 1 N–H and O–H groups in total. The number of carbonyl (C=O) groups excluding carboxylic acids is 1. The Morgan fingerprint density at radius 1 is 1.35 bits per heavy atom. The van der Waals surface area contributed by atoms with Crippen LogP contribution in [0.1, 0.15) is 25.7 Å². The lowest BCUT2D eigenvalue weighted by Crippen LogP contribution is -2.43. The number of carbonyl (C=O) groups is 1. The summed E-state index contributed by atoms with van der Waals surface area (Å²) in [4.78, 5) is 14.8. The normalized spacial score (nSPS) is 24.2. The molecular weight excluding hydrogens is 292 g/mol. The Labute approximate surface area is 137 Å². The fourth-order valence-corrected chi connectivity index (χ4v) is 3.22. The largest absolute Gasteiger partial charge is 0.497 e. The Morgan fingerprint density at radius 3 is 2.87 bits per heavy atom. The van der Waals surface area contributed by atoms with Crippen LogP contribution in [0.25, 0.3) is 0 Å². The van der Waals surface area contributed by atoms with Crippen LogP contribution in [0.5, 0.6) is 5.75 Å². The zero-order chi connectivity index (χ0) is 16.1. The quantitative estimate of drug-likeness (QED) is 0.907. The Balaban J connectivity index is 1.57. The summed E-state index contributed by atoms with van der Waals surface area (Å²) >= 11 is 0. The van der Waals surface area contributed by atoms with Crippen molar-refractivity contribution in [3.8, 4) is 5.75 Å². The molecule has 2 aliphatic rings. The lowest BCUT2D eigenvalue weighted by atomic mass is 10.1. The van der Waals surface area contributed by atoms with Crippen molar-refractivity contribution in [2.75, 3.05) is 25.5 Å². The van der Waals surface area contributed by atoms with Crippen molar-refractivity contribution in [3.05, 3.63) is 36.6 Å². The predicted octanol–water partition coefficient (Wildman–Crippen LogP) is 2.79. The Bertz CT molecular complexity index is 556. The van der Waals surface area contributed by atoms with Gasteiger partial charge in [-0.25, -0.2) is 0 Å². The van der Waals surface area contributed by atoms with Crippen molar-refractivity contribution >= 4 is 11.6 Å². The molecule has 1 aromatic rings. The van der Waals surface area contributed by atoms with E-state index in [9.17, 15) is 4.79 Å². The first-order chi connectivity index (χ1) is 11.3. The van der Waals surface area contributed by atoms with Gasteiger partial charge in [0, 0.05) is 12.2 Å². The summed E-state index contributed by atoms with van der Waals surface area (Å²) in [6.07, 6.45) is 8.09. The molecule has 0 spiro atoms. The third-order valence-electron chi connectivity index (χ3n) is 4.48. The van der Waals surface area contributed by atoms with Crippen molar-refractivity contribution < 1.29 is 14.3 Å². The van der Waals surface area contributed by atoms with Crippen molar-refractivity contribution in [1.29, 1.82) is 0 Å². The number of hydrogen-bond donors (Lipinski definition) is 1. The minimum atomic E-state index is -0.0633. The minimum Gasteiger partial charge on any atom is -0.497 e. The Kier molecular flexibility index (Phi) is 5.18. The molecule has 1 saturated heterocycles. The van der Waals surface area contributed by atoms with Crippen LogP contribution >= 0.6 is 0 Å². The number of hydrogen-bond acceptors (Lipinski definition) is 4. The van der Waals surface area contributed by atoms with E-state index in [1.165, 1.54) is 0 Å². The van der Waals surface area contributed by atoms with Gasteiger partial charge in [0.2, 0.25) is 5.91 Å². The van der Waals surface area contributed by atoms with E-state index in [2.05, 4.69) is 10.2 Å². The number of allylic oxidation sites excluding steroid dienone is 1. The molecule has 0 aliphatic carbocycles. The first-order valence-corrected chi connectivity index (χ1v) is 8.25. The lowest BCUT2D eigenvalue weighted by Gasteiger charge is -2.29. The summed E-state index contributed by atoms with van der Waals surface area (Å²) in [7, 11) is 1.63. The average molecular weight is 316 g/mol. The highest BCUT2D eigenvalue weighted by atomic mass is 16.5. The molecular formula is C18H24N2O3. The zero-order valence-electron chi connectivity index (χ0n) is 13.5. The molecule has 0 unspecified atom stereocenters. The first-order valence-electron chi connectivity index (χ1n) is 8.25. The number of nitrogens with one attached hydrogen (secondary N) is 1. The number of rotatable bonds is 5. The SMILES string of the molecule is COc1ccc(NC(=O)[C@H]2CCCN2C[C@@H]2CCC=CO2)cc1. The van der Waals surface area contributed by atoms with E-state index in [0.717, 1.165) is 50.2 Å². The standard InChI is InChI=1S/C18H24N2O3/c1-22-15-9-7-14(8-10-15)19-18(21)17-6-4-11-20(17)13-16-5-2-3-12-23-16/h3,7-10,12,16-17H,2,4-6,11,13H2,1H3,(H,19,21)/t16-,17+/m0/s1. The summed E-state index contributed by atoms with van der Waals surface area (Å²) in [5.74, 6) is 0.854. The van der Waals surface area contributed by atoms with Crippen LogP contribution in [0, 0.1) is 0 Å². The molecule has 0 aromatic heterocycles. The highest BCUT2D eigenvalue weighted by Crippen LogP contribution is 2.22. The number of benzene rings is 1. The second-order valence-corrected chi connectivity index (χ2v) is 6.08. The molecule has 5 nitrogen and oxygen atoms in total. The number of anilines is 1. The monoisotopic (exact) mass is 316 g/mol. The second-order valence-electron chi connectivity index (χ2n) is 6.08. The fraction of sp³-hybridized carbons (Fsp3) is 0.500. The minimum absolute atomic E-state index is 0.0633. The van der Waals surface area contributed by atoms with Crippen LogP contribution in [0.2, 0.25) is 0 Å². The molecule has 0 saturated carbocycles. The molecule has 124 valence electrons. The smallest absolute Gasteiger partial charge is 0.241 e. The first kappa shape index (κ1) is 15.9.